The van der Waals surface area contributed by atoms with E-state index in [1.54, 1.807) is 12.1 Å². The van der Waals surface area contributed by atoms with Crippen molar-refractivity contribution in [3.63, 3.8) is 0 Å². The first kappa shape index (κ1) is 22.8. The van der Waals surface area contributed by atoms with E-state index in [4.69, 9.17) is 9.47 Å². The highest BCUT2D eigenvalue weighted by atomic mass is 16.6. The topological polar surface area (TPSA) is 121 Å². The second-order valence-corrected chi connectivity index (χ2v) is 8.63. The highest BCUT2D eigenvalue weighted by Crippen LogP contribution is 2.38. The van der Waals surface area contributed by atoms with Gasteiger partial charge < -0.3 is 24.3 Å². The summed E-state index contributed by atoms with van der Waals surface area (Å²) in [5.41, 5.74) is 4.99. The van der Waals surface area contributed by atoms with Gasteiger partial charge in [-0.2, -0.15) is 5.26 Å². The Bertz CT molecular complexity index is 1330. The second-order valence-electron chi connectivity index (χ2n) is 8.63. The van der Waals surface area contributed by atoms with Crippen molar-refractivity contribution in [1.29, 1.82) is 5.26 Å². The number of ether oxygens (including phenoxy) is 2. The summed E-state index contributed by atoms with van der Waals surface area (Å²) >= 11 is 0. The van der Waals surface area contributed by atoms with Crippen molar-refractivity contribution in [2.24, 2.45) is 0 Å². The zero-order valence-corrected chi connectivity index (χ0v) is 19.5. The maximum absolute atomic E-state index is 12.1. The van der Waals surface area contributed by atoms with Crippen LogP contribution in [0.15, 0.2) is 30.3 Å². The number of hydrogen-bond acceptors (Lipinski definition) is 8. The molecule has 0 amide bonds. The Morgan fingerprint density at radius 3 is 2.37 bits per heavy atom. The van der Waals surface area contributed by atoms with Gasteiger partial charge in [0.05, 0.1) is 48.0 Å². The lowest BCUT2D eigenvalue weighted by Gasteiger charge is -2.33. The molecule has 2 aromatic carbocycles. The van der Waals surface area contributed by atoms with Crippen LogP contribution in [0.4, 0.5) is 17.1 Å². The number of rotatable bonds is 5. The molecule has 2 aliphatic rings. The highest BCUT2D eigenvalue weighted by Gasteiger charge is 2.26. The van der Waals surface area contributed by atoms with Gasteiger partial charge in [-0.1, -0.05) is 6.07 Å². The average Bonchev–Trinajstić information content (AvgIpc) is 3.30. The molecule has 3 heterocycles. The van der Waals surface area contributed by atoms with E-state index in [1.807, 2.05) is 36.1 Å². The molecule has 10 nitrogen and oxygen atoms in total. The van der Waals surface area contributed by atoms with Crippen molar-refractivity contribution in [1.82, 2.24) is 9.97 Å². The number of H-pyrrole nitrogens is 1. The molecule has 0 saturated carbocycles. The van der Waals surface area contributed by atoms with Gasteiger partial charge in [-0.15, -0.1) is 0 Å². The Morgan fingerprint density at radius 1 is 1.09 bits per heavy atom. The van der Waals surface area contributed by atoms with Crippen molar-refractivity contribution in [2.75, 3.05) is 62.4 Å². The maximum Gasteiger partial charge on any atom is 0.293 e. The van der Waals surface area contributed by atoms with Crippen molar-refractivity contribution in [3.05, 3.63) is 57.4 Å². The molecule has 2 saturated heterocycles. The minimum absolute atomic E-state index is 0.00711. The van der Waals surface area contributed by atoms with Crippen molar-refractivity contribution in [2.45, 2.75) is 6.92 Å². The van der Waals surface area contributed by atoms with Crippen LogP contribution < -0.4 is 9.80 Å². The average molecular weight is 475 g/mol. The number of nitriles is 1. The van der Waals surface area contributed by atoms with E-state index in [1.165, 1.54) is 0 Å². The first-order valence-corrected chi connectivity index (χ1v) is 11.6. The molecule has 35 heavy (non-hydrogen) atoms. The summed E-state index contributed by atoms with van der Waals surface area (Å²) in [6.45, 7) is 6.67. The summed E-state index contributed by atoms with van der Waals surface area (Å²) in [4.78, 5) is 23.7. The molecule has 0 atom stereocenters. The molecule has 0 unspecified atom stereocenters. The molecular weight excluding hydrogens is 448 g/mol. The molecule has 1 aromatic heterocycles. The zero-order valence-electron chi connectivity index (χ0n) is 19.5. The second kappa shape index (κ2) is 9.74. The lowest BCUT2D eigenvalue weighted by atomic mass is 10.0. The van der Waals surface area contributed by atoms with Gasteiger partial charge in [0.2, 0.25) is 0 Å². The Hall–Kier alpha value is -3.94. The molecule has 5 rings (SSSR count). The van der Waals surface area contributed by atoms with Gasteiger partial charge in [0, 0.05) is 43.5 Å². The van der Waals surface area contributed by atoms with E-state index in [2.05, 4.69) is 20.9 Å². The monoisotopic (exact) mass is 474 g/mol. The maximum atomic E-state index is 12.1. The number of allylic oxidation sites excluding steroid dienone is 1. The summed E-state index contributed by atoms with van der Waals surface area (Å²) in [5.74, 6) is 0.431. The number of nitro groups is 1. The highest BCUT2D eigenvalue weighted by molar-refractivity contribution is 5.94. The van der Waals surface area contributed by atoms with Gasteiger partial charge in [-0.05, 0) is 36.8 Å². The molecule has 0 bridgehead atoms. The molecule has 0 aliphatic carbocycles. The zero-order chi connectivity index (χ0) is 24.4. The number of aryl methyl sites for hydroxylation is 1. The summed E-state index contributed by atoms with van der Waals surface area (Å²) < 4.78 is 11.0. The predicted molar refractivity (Wildman–Crippen MR) is 133 cm³/mol. The molecule has 3 aromatic rings. The van der Waals surface area contributed by atoms with E-state index in [9.17, 15) is 15.4 Å². The summed E-state index contributed by atoms with van der Waals surface area (Å²) in [6, 6.07) is 11.5. The largest absolute Gasteiger partial charge is 0.378 e. The van der Waals surface area contributed by atoms with Crippen molar-refractivity contribution < 1.29 is 14.4 Å². The number of imidazole rings is 1. The van der Waals surface area contributed by atoms with E-state index >= 15 is 0 Å². The van der Waals surface area contributed by atoms with E-state index in [0.717, 1.165) is 22.3 Å². The smallest absolute Gasteiger partial charge is 0.293 e. The fraction of sp³-hybridized carbons (Fsp3) is 0.360. The standard InChI is InChI=1S/C25H26N6O4/c1-17-2-3-20-21(12-17)28-25(27-20)19(16-26)13-18-14-24(31(32)33)23(30-6-10-35-11-7-30)15-22(18)29-4-8-34-9-5-29/h2-3,12-15H,4-11H2,1H3,(H,27,28). The number of nitrogens with zero attached hydrogens (tertiary/aromatic N) is 5. The fourth-order valence-electron chi connectivity index (χ4n) is 4.54. The number of hydrogen-bond donors (Lipinski definition) is 1. The molecular formula is C25H26N6O4. The van der Waals surface area contributed by atoms with Gasteiger partial charge >= 0.3 is 0 Å². The van der Waals surface area contributed by atoms with Crippen molar-refractivity contribution >= 4 is 39.7 Å². The van der Waals surface area contributed by atoms with Gasteiger partial charge in [0.1, 0.15) is 17.6 Å². The summed E-state index contributed by atoms with van der Waals surface area (Å²) in [5, 5.41) is 22.1. The van der Waals surface area contributed by atoms with Gasteiger partial charge in [0.15, 0.2) is 0 Å². The Labute approximate surface area is 202 Å². The van der Waals surface area contributed by atoms with E-state index < -0.39 is 0 Å². The van der Waals surface area contributed by atoms with Gasteiger partial charge in [-0.3, -0.25) is 10.1 Å². The minimum atomic E-state index is -0.360. The Balaban J connectivity index is 1.64. The molecule has 0 radical (unpaired) electrons. The number of aromatic nitrogens is 2. The first-order chi connectivity index (χ1) is 17.0. The van der Waals surface area contributed by atoms with Crippen LogP contribution in [0.5, 0.6) is 0 Å². The number of nitrogens with one attached hydrogen (secondary N) is 1. The Kier molecular flexibility index (Phi) is 6.35. The number of benzene rings is 2. The SMILES string of the molecule is Cc1ccc2nc(C(C#N)=Cc3cc([N+](=O)[O-])c(N4CCOCC4)cc3N3CCOCC3)[nH]c2c1. The third-order valence-electron chi connectivity index (χ3n) is 6.34. The predicted octanol–water partition coefficient (Wildman–Crippen LogP) is 3.52. The molecule has 2 fully saturated rings. The number of anilines is 2. The van der Waals surface area contributed by atoms with Crippen LogP contribution in [0.3, 0.4) is 0 Å². The number of morpholine rings is 2. The molecule has 10 heteroatoms. The normalized spacial score (nSPS) is 17.0. The summed E-state index contributed by atoms with van der Waals surface area (Å²) in [6.07, 6.45) is 1.69. The van der Waals surface area contributed by atoms with Crippen molar-refractivity contribution in [3.8, 4) is 6.07 Å². The van der Waals surface area contributed by atoms with Crippen LogP contribution in [0, 0.1) is 28.4 Å². The lowest BCUT2D eigenvalue weighted by molar-refractivity contribution is -0.384. The Morgan fingerprint density at radius 2 is 1.74 bits per heavy atom. The molecule has 1 N–H and O–H groups in total. The van der Waals surface area contributed by atoms with E-state index in [0.29, 0.717) is 75.3 Å². The number of aromatic amines is 1. The van der Waals surface area contributed by atoms with Gasteiger partial charge in [0.25, 0.3) is 5.69 Å². The molecule has 2 aliphatic heterocycles. The van der Waals surface area contributed by atoms with Crippen LogP contribution in [0.2, 0.25) is 0 Å². The quantitative estimate of drug-likeness (QED) is 0.339. The van der Waals surface area contributed by atoms with Crippen LogP contribution in [-0.2, 0) is 9.47 Å². The fourth-order valence-corrected chi connectivity index (χ4v) is 4.54. The first-order valence-electron chi connectivity index (χ1n) is 11.6. The third kappa shape index (κ3) is 4.69. The lowest BCUT2D eigenvalue weighted by Crippen LogP contribution is -2.38. The van der Waals surface area contributed by atoms with E-state index in [-0.39, 0.29) is 10.6 Å². The minimum Gasteiger partial charge on any atom is -0.378 e. The van der Waals surface area contributed by atoms with Crippen LogP contribution >= 0.6 is 0 Å². The molecule has 180 valence electrons. The number of nitro benzene ring substituents is 1. The number of fused-ring (bicyclic) bond motifs is 1. The van der Waals surface area contributed by atoms with Crippen LogP contribution in [0.25, 0.3) is 22.7 Å². The van der Waals surface area contributed by atoms with Crippen LogP contribution in [0.1, 0.15) is 17.0 Å². The summed E-state index contributed by atoms with van der Waals surface area (Å²) in [7, 11) is 0. The van der Waals surface area contributed by atoms with Crippen LogP contribution in [-0.4, -0.2) is 67.5 Å². The molecule has 0 spiro atoms. The third-order valence-corrected chi connectivity index (χ3v) is 6.34. The van der Waals surface area contributed by atoms with Gasteiger partial charge in [-0.25, -0.2) is 4.98 Å².